The summed E-state index contributed by atoms with van der Waals surface area (Å²) in [6.07, 6.45) is -2.54. The predicted molar refractivity (Wildman–Crippen MR) is 99.6 cm³/mol. The maximum absolute atomic E-state index is 13.2. The number of alkyl halides is 3. The lowest BCUT2D eigenvalue weighted by atomic mass is 10.1. The van der Waals surface area contributed by atoms with Crippen LogP contribution in [0.1, 0.15) is 20.8 Å². The number of hydrogen-bond acceptors (Lipinski definition) is 5. The van der Waals surface area contributed by atoms with Crippen molar-refractivity contribution in [2.24, 2.45) is 7.05 Å². The van der Waals surface area contributed by atoms with Crippen molar-refractivity contribution in [3.8, 4) is 11.4 Å². The topological polar surface area (TPSA) is 67.7 Å². The van der Waals surface area contributed by atoms with Crippen molar-refractivity contribution in [1.82, 2.24) is 19.5 Å². The zero-order chi connectivity index (χ0) is 19.8. The van der Waals surface area contributed by atoms with E-state index >= 15 is 0 Å². The number of hydrogen-bond donors (Lipinski definition) is 2. The van der Waals surface area contributed by atoms with E-state index in [-0.39, 0.29) is 11.5 Å². The van der Waals surface area contributed by atoms with Crippen molar-refractivity contribution >= 4 is 22.7 Å². The Morgan fingerprint density at radius 1 is 1.11 bits per heavy atom. The van der Waals surface area contributed by atoms with Gasteiger partial charge < -0.3 is 15.2 Å². The number of rotatable bonds is 5. The van der Waals surface area contributed by atoms with Gasteiger partial charge in [0.1, 0.15) is 5.82 Å². The SMILES string of the molecule is Cn1c(-c2ccnc(NC(F)C(F)F)n2)cc2cnc(NC(C)(C)C)cc21. The van der Waals surface area contributed by atoms with Crippen molar-refractivity contribution in [1.29, 1.82) is 0 Å². The monoisotopic (exact) mass is 378 g/mol. The molecule has 0 aliphatic carbocycles. The van der Waals surface area contributed by atoms with Crippen molar-refractivity contribution in [3.05, 3.63) is 30.6 Å². The first-order chi connectivity index (χ1) is 12.6. The Labute approximate surface area is 154 Å². The third-order valence-corrected chi connectivity index (χ3v) is 3.84. The fraction of sp³-hybridized carbons (Fsp3) is 0.389. The minimum absolute atomic E-state index is 0.129. The molecule has 0 fully saturated rings. The molecule has 2 N–H and O–H groups in total. The highest BCUT2D eigenvalue weighted by molar-refractivity contribution is 5.87. The minimum Gasteiger partial charge on any atom is -0.365 e. The molecule has 27 heavy (non-hydrogen) atoms. The lowest BCUT2D eigenvalue weighted by molar-refractivity contribution is 0.0646. The molecule has 0 saturated heterocycles. The minimum atomic E-state index is -3.16. The zero-order valence-electron chi connectivity index (χ0n) is 15.5. The fourth-order valence-corrected chi connectivity index (χ4v) is 2.69. The smallest absolute Gasteiger partial charge is 0.287 e. The molecular formula is C18H21F3N6. The van der Waals surface area contributed by atoms with Gasteiger partial charge in [-0.15, -0.1) is 0 Å². The Morgan fingerprint density at radius 2 is 1.85 bits per heavy atom. The van der Waals surface area contributed by atoms with Crippen molar-refractivity contribution in [3.63, 3.8) is 0 Å². The van der Waals surface area contributed by atoms with Gasteiger partial charge >= 0.3 is 0 Å². The molecule has 9 heteroatoms. The van der Waals surface area contributed by atoms with Crippen LogP contribution in [0.15, 0.2) is 30.6 Å². The zero-order valence-corrected chi connectivity index (χ0v) is 15.5. The van der Waals surface area contributed by atoms with Crippen LogP contribution >= 0.6 is 0 Å². The number of anilines is 2. The van der Waals surface area contributed by atoms with Gasteiger partial charge in [-0.2, -0.15) is 0 Å². The second-order valence-corrected chi connectivity index (χ2v) is 7.24. The summed E-state index contributed by atoms with van der Waals surface area (Å²) in [5, 5.41) is 6.19. The first kappa shape index (κ1) is 18.9. The van der Waals surface area contributed by atoms with E-state index in [0.717, 1.165) is 22.4 Å². The molecule has 6 nitrogen and oxygen atoms in total. The average Bonchev–Trinajstić information content (AvgIpc) is 2.90. The second kappa shape index (κ2) is 7.05. The summed E-state index contributed by atoms with van der Waals surface area (Å²) in [5.74, 6) is 0.545. The van der Waals surface area contributed by atoms with Gasteiger partial charge in [-0.3, -0.25) is 0 Å². The van der Waals surface area contributed by atoms with Gasteiger partial charge in [0.2, 0.25) is 12.2 Å². The molecule has 0 saturated carbocycles. The Bertz CT molecular complexity index is 948. The molecule has 3 aromatic heterocycles. The van der Waals surface area contributed by atoms with Gasteiger partial charge in [0.25, 0.3) is 6.43 Å². The summed E-state index contributed by atoms with van der Waals surface area (Å²) in [6, 6.07) is 5.45. The third-order valence-electron chi connectivity index (χ3n) is 3.84. The number of pyridine rings is 1. The van der Waals surface area contributed by atoms with E-state index in [4.69, 9.17) is 0 Å². The van der Waals surface area contributed by atoms with Gasteiger partial charge in [-0.1, -0.05) is 0 Å². The third kappa shape index (κ3) is 4.29. The highest BCUT2D eigenvalue weighted by Gasteiger charge is 2.20. The molecule has 0 amide bonds. The van der Waals surface area contributed by atoms with Crippen molar-refractivity contribution in [2.75, 3.05) is 10.6 Å². The van der Waals surface area contributed by atoms with Crippen LogP contribution in [0.25, 0.3) is 22.3 Å². The van der Waals surface area contributed by atoms with Gasteiger partial charge in [-0.25, -0.2) is 28.1 Å². The Balaban J connectivity index is 1.96. The van der Waals surface area contributed by atoms with E-state index in [1.165, 1.54) is 6.20 Å². The molecular weight excluding hydrogens is 357 g/mol. The van der Waals surface area contributed by atoms with Crippen molar-refractivity contribution < 1.29 is 13.2 Å². The average molecular weight is 378 g/mol. The molecule has 3 heterocycles. The summed E-state index contributed by atoms with van der Waals surface area (Å²) in [6.45, 7) is 6.13. The molecule has 144 valence electrons. The highest BCUT2D eigenvalue weighted by Crippen LogP contribution is 2.28. The van der Waals surface area contributed by atoms with E-state index in [0.29, 0.717) is 5.69 Å². The number of nitrogens with zero attached hydrogens (tertiary/aromatic N) is 4. The van der Waals surface area contributed by atoms with Crippen LogP contribution in [0, 0.1) is 0 Å². The molecule has 3 rings (SSSR count). The number of halogens is 3. The van der Waals surface area contributed by atoms with Crippen molar-refractivity contribution in [2.45, 2.75) is 39.0 Å². The molecule has 0 bridgehead atoms. The summed E-state index contributed by atoms with van der Waals surface area (Å²) < 4.78 is 39.9. The normalized spacial score (nSPS) is 13.2. The molecule has 0 spiro atoms. The predicted octanol–water partition coefficient (Wildman–Crippen LogP) is 4.21. The Kier molecular flexibility index (Phi) is 4.95. The van der Waals surface area contributed by atoms with Gasteiger partial charge in [0.05, 0.1) is 16.9 Å². The van der Waals surface area contributed by atoms with Crippen LogP contribution in [0.4, 0.5) is 24.9 Å². The summed E-state index contributed by atoms with van der Waals surface area (Å²) in [7, 11) is 1.87. The summed E-state index contributed by atoms with van der Waals surface area (Å²) in [5.41, 5.74) is 2.02. The summed E-state index contributed by atoms with van der Waals surface area (Å²) in [4.78, 5) is 12.4. The van der Waals surface area contributed by atoms with Crippen LogP contribution in [0.3, 0.4) is 0 Å². The Hall–Kier alpha value is -2.84. The highest BCUT2D eigenvalue weighted by atomic mass is 19.3. The standard InChI is InChI=1S/C18H21F3N6/c1-18(2,3)26-14-8-12-10(9-23-14)7-13(27(12)4)11-5-6-22-17(24-11)25-16(21)15(19)20/h5-9,15-16H,1-4H3,(H,23,26)(H,22,24,25). The largest absolute Gasteiger partial charge is 0.365 e. The molecule has 3 aromatic rings. The number of aromatic nitrogens is 4. The molecule has 1 atom stereocenters. The van der Waals surface area contributed by atoms with E-state index in [9.17, 15) is 13.2 Å². The molecule has 0 aromatic carbocycles. The van der Waals surface area contributed by atoms with Crippen LogP contribution < -0.4 is 10.6 Å². The van der Waals surface area contributed by atoms with Crippen LogP contribution in [-0.2, 0) is 7.05 Å². The van der Waals surface area contributed by atoms with Gasteiger partial charge in [0.15, 0.2) is 0 Å². The molecule has 0 aliphatic heterocycles. The molecule has 0 aliphatic rings. The number of nitrogens with one attached hydrogen (secondary N) is 2. The quantitative estimate of drug-likeness (QED) is 0.651. The second-order valence-electron chi connectivity index (χ2n) is 7.24. The lowest BCUT2D eigenvalue weighted by Gasteiger charge is -2.21. The number of aryl methyl sites for hydroxylation is 1. The van der Waals surface area contributed by atoms with E-state index in [1.807, 2.05) is 49.8 Å². The van der Waals surface area contributed by atoms with Gasteiger partial charge in [0, 0.05) is 36.4 Å². The van der Waals surface area contributed by atoms with Crippen LogP contribution in [0.5, 0.6) is 0 Å². The van der Waals surface area contributed by atoms with E-state index in [1.54, 1.807) is 12.3 Å². The lowest BCUT2D eigenvalue weighted by Crippen LogP contribution is -2.26. The summed E-state index contributed by atoms with van der Waals surface area (Å²) >= 11 is 0. The first-order valence-electron chi connectivity index (χ1n) is 8.40. The van der Waals surface area contributed by atoms with Gasteiger partial charge in [-0.05, 0) is 32.9 Å². The molecule has 0 radical (unpaired) electrons. The van der Waals surface area contributed by atoms with Crippen LogP contribution in [-0.4, -0.2) is 37.8 Å². The molecule has 1 unspecified atom stereocenters. The number of fused-ring (bicyclic) bond motifs is 1. The fourth-order valence-electron chi connectivity index (χ4n) is 2.69. The first-order valence-corrected chi connectivity index (χ1v) is 8.40. The van der Waals surface area contributed by atoms with E-state index in [2.05, 4.69) is 20.3 Å². The maximum Gasteiger partial charge on any atom is 0.287 e. The van der Waals surface area contributed by atoms with Crippen LogP contribution in [0.2, 0.25) is 0 Å². The van der Waals surface area contributed by atoms with E-state index < -0.39 is 12.7 Å². The maximum atomic E-state index is 13.2. The Morgan fingerprint density at radius 3 is 2.52 bits per heavy atom.